The van der Waals surface area contributed by atoms with E-state index < -0.39 is 11.7 Å². The Morgan fingerprint density at radius 2 is 1.83 bits per heavy atom. The summed E-state index contributed by atoms with van der Waals surface area (Å²) in [5.41, 5.74) is 4.21. The van der Waals surface area contributed by atoms with Gasteiger partial charge in [0, 0.05) is 42.6 Å². The number of H-pyrrole nitrogens is 1. The number of nitrogens with one attached hydrogen (secondary N) is 1. The fraction of sp³-hybridized carbons (Fsp3) is 0.217. The van der Waals surface area contributed by atoms with Crippen molar-refractivity contribution in [1.29, 1.82) is 0 Å². The zero-order valence-electron chi connectivity index (χ0n) is 16.1. The van der Waals surface area contributed by atoms with Crippen molar-refractivity contribution >= 4 is 10.9 Å². The first kappa shape index (κ1) is 18.8. The molecule has 0 amide bonds. The van der Waals surface area contributed by atoms with Crippen molar-refractivity contribution in [3.63, 3.8) is 0 Å². The first-order valence-electron chi connectivity index (χ1n) is 9.77. The topological polar surface area (TPSA) is 44.8 Å². The van der Waals surface area contributed by atoms with Crippen LogP contribution in [-0.4, -0.2) is 26.4 Å². The maximum absolute atomic E-state index is 12.8. The fourth-order valence-corrected chi connectivity index (χ4v) is 3.90. The molecule has 30 heavy (non-hydrogen) atoms. The summed E-state index contributed by atoms with van der Waals surface area (Å²) in [6, 6.07) is 15.3. The van der Waals surface area contributed by atoms with Crippen molar-refractivity contribution < 1.29 is 13.2 Å². The van der Waals surface area contributed by atoms with Gasteiger partial charge >= 0.3 is 6.18 Å². The maximum atomic E-state index is 12.8. The monoisotopic (exact) mass is 408 g/mol. The van der Waals surface area contributed by atoms with Crippen LogP contribution in [0.5, 0.6) is 0 Å². The second-order valence-electron chi connectivity index (χ2n) is 7.58. The Hall–Kier alpha value is -3.19. The second-order valence-corrected chi connectivity index (χ2v) is 7.58. The van der Waals surface area contributed by atoms with Gasteiger partial charge in [-0.25, -0.2) is 9.97 Å². The molecule has 0 bridgehead atoms. The molecule has 1 N–H and O–H groups in total. The van der Waals surface area contributed by atoms with E-state index >= 15 is 0 Å². The van der Waals surface area contributed by atoms with Gasteiger partial charge in [0.15, 0.2) is 5.82 Å². The van der Waals surface area contributed by atoms with Crippen LogP contribution in [-0.2, 0) is 25.7 Å². The molecule has 5 rings (SSSR count). The summed E-state index contributed by atoms with van der Waals surface area (Å²) in [5, 5.41) is 1.19. The largest absolute Gasteiger partial charge is 0.416 e. The Kier molecular flexibility index (Phi) is 4.55. The van der Waals surface area contributed by atoms with Crippen molar-refractivity contribution in [3.8, 4) is 11.4 Å². The SMILES string of the molecule is FC(F)(F)c1ccc(-c2ncc3c(n2)CN(Cc2cc4ccccc4[nH]2)CC3)cc1. The number of hydrogen-bond donors (Lipinski definition) is 1. The lowest BCUT2D eigenvalue weighted by Gasteiger charge is -2.27. The van der Waals surface area contributed by atoms with Gasteiger partial charge in [0.1, 0.15) is 0 Å². The number of alkyl halides is 3. The molecule has 0 fully saturated rings. The fourth-order valence-electron chi connectivity index (χ4n) is 3.90. The standard InChI is InChI=1S/C23H19F3N4/c24-23(25,26)18-7-5-15(6-8-18)22-27-12-17-9-10-30(14-21(17)29-22)13-19-11-16-3-1-2-4-20(16)28-19/h1-8,11-12,28H,9-10,13-14H2. The molecule has 152 valence electrons. The number of benzene rings is 2. The summed E-state index contributed by atoms with van der Waals surface area (Å²) in [6.07, 6.45) is -1.70. The molecule has 0 radical (unpaired) electrons. The van der Waals surface area contributed by atoms with E-state index in [-0.39, 0.29) is 0 Å². The summed E-state index contributed by atoms with van der Waals surface area (Å²) in [4.78, 5) is 14.8. The summed E-state index contributed by atoms with van der Waals surface area (Å²) >= 11 is 0. The van der Waals surface area contributed by atoms with Gasteiger partial charge in [-0.3, -0.25) is 4.90 Å². The number of para-hydroxylation sites is 1. The third kappa shape index (κ3) is 3.68. The molecule has 4 nitrogen and oxygen atoms in total. The van der Waals surface area contributed by atoms with E-state index in [1.54, 1.807) is 6.20 Å². The van der Waals surface area contributed by atoms with Crippen molar-refractivity contribution in [3.05, 3.63) is 83.3 Å². The van der Waals surface area contributed by atoms with Crippen molar-refractivity contribution in [2.24, 2.45) is 0 Å². The third-order valence-electron chi connectivity index (χ3n) is 5.48. The molecule has 0 aliphatic carbocycles. The normalized spacial score (nSPS) is 14.8. The van der Waals surface area contributed by atoms with Crippen LogP contribution >= 0.6 is 0 Å². The molecule has 2 aromatic carbocycles. The van der Waals surface area contributed by atoms with Crippen molar-refractivity contribution in [2.75, 3.05) is 6.54 Å². The van der Waals surface area contributed by atoms with Gasteiger partial charge in [-0.2, -0.15) is 13.2 Å². The first-order valence-corrected chi connectivity index (χ1v) is 9.77. The van der Waals surface area contributed by atoms with E-state index in [2.05, 4.69) is 38.1 Å². The maximum Gasteiger partial charge on any atom is 0.416 e. The van der Waals surface area contributed by atoms with Gasteiger partial charge in [0.25, 0.3) is 0 Å². The Morgan fingerprint density at radius 3 is 2.60 bits per heavy atom. The lowest BCUT2D eigenvalue weighted by molar-refractivity contribution is -0.137. The highest BCUT2D eigenvalue weighted by Gasteiger charge is 2.30. The number of nitrogens with zero attached hydrogens (tertiary/aromatic N) is 3. The van der Waals surface area contributed by atoms with Gasteiger partial charge in [-0.15, -0.1) is 0 Å². The van der Waals surface area contributed by atoms with Gasteiger partial charge in [-0.05, 0) is 41.6 Å². The van der Waals surface area contributed by atoms with Gasteiger partial charge < -0.3 is 4.98 Å². The van der Waals surface area contributed by atoms with E-state index in [9.17, 15) is 13.2 Å². The Bertz CT molecular complexity index is 1160. The molecule has 0 saturated heterocycles. The molecule has 0 spiro atoms. The van der Waals surface area contributed by atoms with Crippen LogP contribution in [0.2, 0.25) is 0 Å². The zero-order chi connectivity index (χ0) is 20.7. The van der Waals surface area contributed by atoms with E-state index in [1.165, 1.54) is 17.5 Å². The Balaban J connectivity index is 1.35. The minimum absolute atomic E-state index is 0.454. The molecular formula is C23H19F3N4. The first-order chi connectivity index (χ1) is 14.5. The minimum Gasteiger partial charge on any atom is -0.357 e. The molecule has 4 aromatic rings. The van der Waals surface area contributed by atoms with Crippen LogP contribution in [0.25, 0.3) is 22.3 Å². The predicted octanol–water partition coefficient (Wildman–Crippen LogP) is 5.20. The highest BCUT2D eigenvalue weighted by Crippen LogP contribution is 2.30. The summed E-state index contributed by atoms with van der Waals surface area (Å²) in [5.74, 6) is 0.454. The molecule has 7 heteroatoms. The van der Waals surface area contributed by atoms with Crippen LogP contribution in [0.1, 0.15) is 22.5 Å². The second kappa shape index (κ2) is 7.25. The average molecular weight is 408 g/mol. The molecule has 3 heterocycles. The molecule has 0 atom stereocenters. The number of aromatic nitrogens is 3. The lowest BCUT2D eigenvalue weighted by atomic mass is 10.1. The number of fused-ring (bicyclic) bond motifs is 2. The Morgan fingerprint density at radius 1 is 1.03 bits per heavy atom. The van der Waals surface area contributed by atoms with Crippen molar-refractivity contribution in [1.82, 2.24) is 19.9 Å². The van der Waals surface area contributed by atoms with E-state index in [1.807, 2.05) is 12.1 Å². The molecule has 1 aliphatic heterocycles. The molecule has 2 aromatic heterocycles. The van der Waals surface area contributed by atoms with Crippen LogP contribution in [0.3, 0.4) is 0 Å². The lowest BCUT2D eigenvalue weighted by Crippen LogP contribution is -2.31. The zero-order valence-corrected chi connectivity index (χ0v) is 16.1. The highest BCUT2D eigenvalue weighted by atomic mass is 19.4. The summed E-state index contributed by atoms with van der Waals surface area (Å²) < 4.78 is 38.4. The number of hydrogen-bond acceptors (Lipinski definition) is 3. The summed E-state index contributed by atoms with van der Waals surface area (Å²) in [7, 11) is 0. The molecule has 1 aliphatic rings. The van der Waals surface area contributed by atoms with E-state index in [0.29, 0.717) is 17.9 Å². The smallest absolute Gasteiger partial charge is 0.357 e. The number of rotatable bonds is 3. The van der Waals surface area contributed by atoms with Crippen LogP contribution in [0.4, 0.5) is 13.2 Å². The van der Waals surface area contributed by atoms with Crippen LogP contribution in [0, 0.1) is 0 Å². The van der Waals surface area contributed by atoms with Gasteiger partial charge in [0.2, 0.25) is 0 Å². The Labute approximate surface area is 171 Å². The number of halogens is 3. The van der Waals surface area contributed by atoms with E-state index in [4.69, 9.17) is 0 Å². The number of aromatic amines is 1. The average Bonchev–Trinajstić information content (AvgIpc) is 3.15. The molecular weight excluding hydrogens is 389 g/mol. The summed E-state index contributed by atoms with van der Waals surface area (Å²) in [6.45, 7) is 2.37. The molecule has 0 unspecified atom stereocenters. The minimum atomic E-state index is -4.35. The van der Waals surface area contributed by atoms with Gasteiger partial charge in [-0.1, -0.05) is 30.3 Å². The predicted molar refractivity (Wildman–Crippen MR) is 109 cm³/mol. The third-order valence-corrected chi connectivity index (χ3v) is 5.48. The highest BCUT2D eigenvalue weighted by molar-refractivity contribution is 5.80. The van der Waals surface area contributed by atoms with Crippen molar-refractivity contribution in [2.45, 2.75) is 25.7 Å². The quantitative estimate of drug-likeness (QED) is 0.507. The van der Waals surface area contributed by atoms with Crippen LogP contribution < -0.4 is 0 Å². The van der Waals surface area contributed by atoms with Gasteiger partial charge in [0.05, 0.1) is 11.3 Å². The van der Waals surface area contributed by atoms with E-state index in [0.717, 1.165) is 54.1 Å². The molecule has 0 saturated carbocycles. The van der Waals surface area contributed by atoms with Crippen LogP contribution in [0.15, 0.2) is 60.8 Å².